The van der Waals surface area contributed by atoms with Crippen LogP contribution < -0.4 is 5.32 Å². The lowest BCUT2D eigenvalue weighted by Gasteiger charge is -2.10. The van der Waals surface area contributed by atoms with Crippen molar-refractivity contribution in [2.45, 2.75) is 46.6 Å². The molecule has 0 spiro atoms. The molecule has 2 aromatic rings. The molecule has 0 aromatic carbocycles. The van der Waals surface area contributed by atoms with Crippen LogP contribution in [0.15, 0.2) is 6.33 Å². The normalized spacial score (nSPS) is 11.1. The van der Waals surface area contributed by atoms with E-state index >= 15 is 0 Å². The molecule has 1 amide bonds. The highest BCUT2D eigenvalue weighted by Crippen LogP contribution is 2.17. The molecule has 0 saturated heterocycles. The van der Waals surface area contributed by atoms with Crippen LogP contribution in [0.2, 0.25) is 0 Å². The SMILES string of the molecule is Cc1nc(C)c(CC(=O)NCCc2nncn2C(C)C)s1. The second kappa shape index (κ2) is 6.80. The summed E-state index contributed by atoms with van der Waals surface area (Å²) in [5.74, 6) is 0.924. The first-order valence-corrected chi connectivity index (χ1v) is 7.87. The molecule has 0 aliphatic heterocycles. The first-order chi connectivity index (χ1) is 9.97. The van der Waals surface area contributed by atoms with E-state index in [-0.39, 0.29) is 5.91 Å². The van der Waals surface area contributed by atoms with Gasteiger partial charge in [-0.3, -0.25) is 4.79 Å². The van der Waals surface area contributed by atoms with Crippen LogP contribution in [0.3, 0.4) is 0 Å². The molecule has 2 rings (SSSR count). The van der Waals surface area contributed by atoms with Gasteiger partial charge in [0.05, 0.1) is 17.1 Å². The summed E-state index contributed by atoms with van der Waals surface area (Å²) in [5.41, 5.74) is 0.951. The van der Waals surface area contributed by atoms with Crippen molar-refractivity contribution in [1.82, 2.24) is 25.1 Å². The van der Waals surface area contributed by atoms with Crippen molar-refractivity contribution < 1.29 is 4.79 Å². The minimum Gasteiger partial charge on any atom is -0.355 e. The third-order valence-corrected chi connectivity index (χ3v) is 4.27. The third-order valence-electron chi connectivity index (χ3n) is 3.20. The molecule has 0 saturated carbocycles. The maximum absolute atomic E-state index is 11.9. The molecular formula is C14H21N5OS. The number of aryl methyl sites for hydroxylation is 2. The highest BCUT2D eigenvalue weighted by molar-refractivity contribution is 7.11. The third kappa shape index (κ3) is 4.10. The summed E-state index contributed by atoms with van der Waals surface area (Å²) in [5, 5.41) is 11.9. The molecule has 114 valence electrons. The van der Waals surface area contributed by atoms with Gasteiger partial charge in [0.2, 0.25) is 5.91 Å². The van der Waals surface area contributed by atoms with Crippen molar-refractivity contribution in [3.63, 3.8) is 0 Å². The second-order valence-electron chi connectivity index (χ2n) is 5.27. The highest BCUT2D eigenvalue weighted by atomic mass is 32.1. The van der Waals surface area contributed by atoms with Gasteiger partial charge in [-0.1, -0.05) is 0 Å². The number of amides is 1. The molecule has 0 radical (unpaired) electrons. The fourth-order valence-corrected chi connectivity index (χ4v) is 3.07. The molecule has 21 heavy (non-hydrogen) atoms. The fourth-order valence-electron chi connectivity index (χ4n) is 2.14. The molecule has 2 aromatic heterocycles. The van der Waals surface area contributed by atoms with Crippen LogP contribution in [-0.2, 0) is 17.6 Å². The van der Waals surface area contributed by atoms with Gasteiger partial charge in [-0.2, -0.15) is 0 Å². The summed E-state index contributed by atoms with van der Waals surface area (Å²) >= 11 is 1.58. The van der Waals surface area contributed by atoms with Crippen LogP contribution in [0.5, 0.6) is 0 Å². The highest BCUT2D eigenvalue weighted by Gasteiger charge is 2.11. The molecule has 7 heteroatoms. The van der Waals surface area contributed by atoms with Crippen LogP contribution in [0, 0.1) is 13.8 Å². The zero-order valence-corrected chi connectivity index (χ0v) is 13.7. The average molecular weight is 307 g/mol. The molecule has 6 nitrogen and oxygen atoms in total. The molecule has 0 aliphatic rings. The molecule has 1 N–H and O–H groups in total. The predicted molar refractivity (Wildman–Crippen MR) is 82.4 cm³/mol. The maximum atomic E-state index is 11.9. The first kappa shape index (κ1) is 15.6. The van der Waals surface area contributed by atoms with Crippen LogP contribution in [0.25, 0.3) is 0 Å². The Morgan fingerprint density at radius 3 is 2.81 bits per heavy atom. The number of hydrogen-bond acceptors (Lipinski definition) is 5. The molecule has 0 unspecified atom stereocenters. The van der Waals surface area contributed by atoms with Crippen LogP contribution in [0.4, 0.5) is 0 Å². The van der Waals surface area contributed by atoms with Gasteiger partial charge in [-0.15, -0.1) is 21.5 Å². The Morgan fingerprint density at radius 2 is 2.19 bits per heavy atom. The van der Waals surface area contributed by atoms with Gasteiger partial charge in [0.15, 0.2) is 0 Å². The van der Waals surface area contributed by atoms with Crippen LogP contribution >= 0.6 is 11.3 Å². The molecule has 2 heterocycles. The largest absolute Gasteiger partial charge is 0.355 e. The Labute approximate surface area is 128 Å². The summed E-state index contributed by atoms with van der Waals surface area (Å²) < 4.78 is 2.02. The van der Waals surface area contributed by atoms with Gasteiger partial charge in [0.1, 0.15) is 12.2 Å². The van der Waals surface area contributed by atoms with Gasteiger partial charge in [0.25, 0.3) is 0 Å². The quantitative estimate of drug-likeness (QED) is 0.883. The Hall–Kier alpha value is -1.76. The molecule has 0 bridgehead atoms. The standard InChI is InChI=1S/C14H21N5OS/c1-9(2)19-8-16-18-13(19)5-6-15-14(20)7-12-10(3)17-11(4)21-12/h8-9H,5-7H2,1-4H3,(H,15,20). The van der Waals surface area contributed by atoms with Gasteiger partial charge in [-0.25, -0.2) is 4.98 Å². The van der Waals surface area contributed by atoms with E-state index in [2.05, 4.69) is 34.3 Å². The number of nitrogens with one attached hydrogen (secondary N) is 1. The lowest BCUT2D eigenvalue weighted by atomic mass is 10.3. The van der Waals surface area contributed by atoms with Crippen LogP contribution in [0.1, 0.15) is 41.3 Å². The van der Waals surface area contributed by atoms with E-state index in [1.165, 1.54) is 0 Å². The summed E-state index contributed by atoms with van der Waals surface area (Å²) in [6, 6.07) is 0.327. The van der Waals surface area contributed by atoms with Crippen molar-refractivity contribution in [1.29, 1.82) is 0 Å². The summed E-state index contributed by atoms with van der Waals surface area (Å²) in [6.45, 7) is 8.64. The predicted octanol–water partition coefficient (Wildman–Crippen LogP) is 1.83. The zero-order chi connectivity index (χ0) is 15.4. The van der Waals surface area contributed by atoms with Crippen LogP contribution in [-0.4, -0.2) is 32.2 Å². The molecule has 0 fully saturated rings. The Morgan fingerprint density at radius 1 is 1.43 bits per heavy atom. The van der Waals surface area contributed by atoms with Crippen molar-refractivity contribution in [3.05, 3.63) is 27.7 Å². The zero-order valence-electron chi connectivity index (χ0n) is 12.9. The van der Waals surface area contributed by atoms with Crippen molar-refractivity contribution in [3.8, 4) is 0 Å². The number of rotatable bonds is 6. The summed E-state index contributed by atoms with van der Waals surface area (Å²) in [7, 11) is 0. The molecule has 0 atom stereocenters. The van der Waals surface area contributed by atoms with Gasteiger partial charge in [-0.05, 0) is 27.7 Å². The van der Waals surface area contributed by atoms with E-state index in [0.29, 0.717) is 25.4 Å². The van der Waals surface area contributed by atoms with Gasteiger partial charge >= 0.3 is 0 Å². The Balaban J connectivity index is 1.82. The van der Waals surface area contributed by atoms with E-state index in [4.69, 9.17) is 0 Å². The summed E-state index contributed by atoms with van der Waals surface area (Å²) in [6.07, 6.45) is 2.81. The molecular weight excluding hydrogens is 286 g/mol. The minimum absolute atomic E-state index is 0.0253. The average Bonchev–Trinajstić information content (AvgIpc) is 2.97. The van der Waals surface area contributed by atoms with Crippen molar-refractivity contribution in [2.24, 2.45) is 0 Å². The topological polar surface area (TPSA) is 72.7 Å². The lowest BCUT2D eigenvalue weighted by Crippen LogP contribution is -2.28. The van der Waals surface area contributed by atoms with Gasteiger partial charge in [0, 0.05) is 23.9 Å². The molecule has 0 aliphatic carbocycles. The Kier molecular flexibility index (Phi) is 5.06. The van der Waals surface area contributed by atoms with Crippen molar-refractivity contribution >= 4 is 17.2 Å². The fraction of sp³-hybridized carbons (Fsp3) is 0.571. The van der Waals surface area contributed by atoms with E-state index in [1.54, 1.807) is 17.7 Å². The van der Waals surface area contributed by atoms with Gasteiger partial charge < -0.3 is 9.88 Å². The van der Waals surface area contributed by atoms with E-state index < -0.39 is 0 Å². The van der Waals surface area contributed by atoms with E-state index in [9.17, 15) is 4.79 Å². The smallest absolute Gasteiger partial charge is 0.225 e. The monoisotopic (exact) mass is 307 g/mol. The lowest BCUT2D eigenvalue weighted by molar-refractivity contribution is -0.120. The number of carbonyl (C=O) groups excluding carboxylic acids is 1. The van der Waals surface area contributed by atoms with E-state index in [1.807, 2.05) is 18.4 Å². The minimum atomic E-state index is 0.0253. The Bertz CT molecular complexity index is 617. The number of thiazole rings is 1. The maximum Gasteiger partial charge on any atom is 0.225 e. The number of aromatic nitrogens is 4. The number of nitrogens with zero attached hydrogens (tertiary/aromatic N) is 4. The number of carbonyl (C=O) groups is 1. The second-order valence-corrected chi connectivity index (χ2v) is 6.55. The summed E-state index contributed by atoms with van der Waals surface area (Å²) in [4.78, 5) is 17.3. The number of hydrogen-bond donors (Lipinski definition) is 1. The van der Waals surface area contributed by atoms with E-state index in [0.717, 1.165) is 21.4 Å². The van der Waals surface area contributed by atoms with Crippen molar-refractivity contribution in [2.75, 3.05) is 6.54 Å². The first-order valence-electron chi connectivity index (χ1n) is 7.05.